The Hall–Kier alpha value is -3.08. The van der Waals surface area contributed by atoms with E-state index in [1.54, 1.807) is 23.9 Å². The quantitative estimate of drug-likeness (QED) is 0.262. The van der Waals surface area contributed by atoms with Gasteiger partial charge in [-0.1, -0.05) is 17.8 Å². The van der Waals surface area contributed by atoms with Gasteiger partial charge < -0.3 is 19.1 Å². The third-order valence-corrected chi connectivity index (χ3v) is 6.82. The molecule has 0 aromatic carbocycles. The Morgan fingerprint density at radius 3 is 2.65 bits per heavy atom. The number of imidazole rings is 1. The molecule has 5 aromatic heterocycles. The molecule has 7 nitrogen and oxygen atoms in total. The summed E-state index contributed by atoms with van der Waals surface area (Å²) < 4.78 is 11.0. The Morgan fingerprint density at radius 1 is 1.06 bits per heavy atom. The van der Waals surface area contributed by atoms with E-state index in [-0.39, 0.29) is 5.91 Å². The second-order valence-corrected chi connectivity index (χ2v) is 9.27. The number of aromatic amines is 1. The highest BCUT2D eigenvalue weighted by atomic mass is 32.2. The highest BCUT2D eigenvalue weighted by Crippen LogP contribution is 2.33. The van der Waals surface area contributed by atoms with Crippen LogP contribution in [0.4, 0.5) is 5.13 Å². The molecule has 0 aliphatic heterocycles. The molecule has 0 saturated heterocycles. The van der Waals surface area contributed by atoms with Crippen LogP contribution in [0.1, 0.15) is 6.42 Å². The molecule has 10 heteroatoms. The lowest BCUT2D eigenvalue weighted by Gasteiger charge is -2.00. The van der Waals surface area contributed by atoms with Crippen LogP contribution in [0.5, 0.6) is 0 Å². The Kier molecular flexibility index (Phi) is 5.74. The first-order valence-electron chi connectivity index (χ1n) is 9.36. The van der Waals surface area contributed by atoms with E-state index in [0.717, 1.165) is 16.3 Å². The van der Waals surface area contributed by atoms with Crippen molar-refractivity contribution in [2.45, 2.75) is 11.6 Å². The minimum atomic E-state index is -0.0800. The number of rotatable bonds is 8. The number of furan rings is 2. The summed E-state index contributed by atoms with van der Waals surface area (Å²) in [5, 5.41) is 8.13. The van der Waals surface area contributed by atoms with Crippen LogP contribution in [-0.2, 0) is 4.79 Å². The van der Waals surface area contributed by atoms with E-state index in [0.29, 0.717) is 39.7 Å². The highest BCUT2D eigenvalue weighted by Gasteiger charge is 2.18. The monoisotopic (exact) mass is 468 g/mol. The number of hydrogen-bond donors (Lipinski definition) is 2. The fourth-order valence-corrected chi connectivity index (χ4v) is 5.20. The summed E-state index contributed by atoms with van der Waals surface area (Å²) >= 11 is 4.52. The van der Waals surface area contributed by atoms with Crippen molar-refractivity contribution in [1.29, 1.82) is 0 Å². The minimum absolute atomic E-state index is 0.0800. The maximum absolute atomic E-state index is 12.3. The van der Waals surface area contributed by atoms with E-state index in [9.17, 15) is 4.79 Å². The molecular weight excluding hydrogens is 452 g/mol. The maximum atomic E-state index is 12.3. The summed E-state index contributed by atoms with van der Waals surface area (Å²) in [7, 11) is 0. The van der Waals surface area contributed by atoms with E-state index in [1.807, 2.05) is 47.2 Å². The van der Waals surface area contributed by atoms with Crippen LogP contribution in [0.2, 0.25) is 0 Å². The molecule has 2 N–H and O–H groups in total. The summed E-state index contributed by atoms with van der Waals surface area (Å²) in [6.45, 7) is 0. The van der Waals surface area contributed by atoms with Crippen molar-refractivity contribution in [2.75, 3.05) is 11.1 Å². The lowest BCUT2D eigenvalue weighted by molar-refractivity contribution is -0.115. The van der Waals surface area contributed by atoms with Gasteiger partial charge in [0.1, 0.15) is 11.4 Å². The van der Waals surface area contributed by atoms with Gasteiger partial charge in [-0.3, -0.25) is 4.79 Å². The smallest absolute Gasteiger partial charge is 0.226 e. The zero-order chi connectivity index (χ0) is 21.0. The number of anilines is 1. The van der Waals surface area contributed by atoms with Crippen LogP contribution in [0, 0.1) is 0 Å². The molecule has 0 aliphatic rings. The molecule has 5 rings (SSSR count). The number of H-pyrrole nitrogens is 1. The van der Waals surface area contributed by atoms with Gasteiger partial charge in [-0.15, -0.1) is 22.7 Å². The number of carbonyl (C=O) groups excluding carboxylic acids is 1. The van der Waals surface area contributed by atoms with Crippen molar-refractivity contribution < 1.29 is 13.6 Å². The fraction of sp³-hybridized carbons (Fsp3) is 0.0952. The fourth-order valence-electron chi connectivity index (χ4n) is 2.90. The van der Waals surface area contributed by atoms with Crippen molar-refractivity contribution in [3.05, 3.63) is 59.7 Å². The van der Waals surface area contributed by atoms with Gasteiger partial charge in [0.15, 0.2) is 21.8 Å². The third-order valence-electron chi connectivity index (χ3n) is 4.30. The van der Waals surface area contributed by atoms with E-state index in [4.69, 9.17) is 8.83 Å². The zero-order valence-electron chi connectivity index (χ0n) is 16.0. The molecule has 5 heterocycles. The Labute approximate surface area is 189 Å². The molecule has 0 saturated carbocycles. The molecule has 0 radical (unpaired) electrons. The van der Waals surface area contributed by atoms with Gasteiger partial charge in [0.25, 0.3) is 0 Å². The molecule has 0 unspecified atom stereocenters. The molecule has 0 bridgehead atoms. The summed E-state index contributed by atoms with van der Waals surface area (Å²) in [6.07, 6.45) is 3.56. The van der Waals surface area contributed by atoms with Crippen LogP contribution in [-0.4, -0.2) is 26.6 Å². The number of nitrogens with zero attached hydrogens (tertiary/aromatic N) is 2. The third kappa shape index (κ3) is 4.50. The number of thioether (sulfide) groups is 1. The molecule has 0 spiro atoms. The van der Waals surface area contributed by atoms with Crippen LogP contribution in [0.3, 0.4) is 0 Å². The van der Waals surface area contributed by atoms with Gasteiger partial charge >= 0.3 is 0 Å². The SMILES string of the molecule is O=C(CCSc1nc(-c2ccco2)c(-c2ccco2)[nH]1)Nc1nc(-c2cccs2)cs1. The predicted octanol–water partition coefficient (Wildman–Crippen LogP) is 6.24. The highest BCUT2D eigenvalue weighted by molar-refractivity contribution is 7.99. The van der Waals surface area contributed by atoms with E-state index >= 15 is 0 Å². The summed E-state index contributed by atoms with van der Waals surface area (Å²) in [4.78, 5) is 25.8. The second kappa shape index (κ2) is 8.96. The van der Waals surface area contributed by atoms with Gasteiger partial charge in [-0.05, 0) is 35.7 Å². The summed E-state index contributed by atoms with van der Waals surface area (Å²) in [5.41, 5.74) is 2.31. The molecular formula is C21H16N4O3S3. The van der Waals surface area contributed by atoms with Crippen molar-refractivity contribution in [2.24, 2.45) is 0 Å². The van der Waals surface area contributed by atoms with E-state index in [1.165, 1.54) is 23.1 Å². The molecule has 0 atom stereocenters. The topological polar surface area (TPSA) is 97.0 Å². The number of carbonyl (C=O) groups is 1. The Bertz CT molecular complexity index is 1200. The van der Waals surface area contributed by atoms with Crippen LogP contribution in [0.25, 0.3) is 33.5 Å². The standard InChI is InChI=1S/C21H16N4O3S3/c26-17(23-20-22-13(12-31-20)16-6-3-10-29-16)7-11-30-21-24-18(14-4-1-8-27-14)19(25-21)15-5-2-9-28-15/h1-6,8-10,12H,7,11H2,(H,24,25)(H,22,23,26). The zero-order valence-corrected chi connectivity index (χ0v) is 18.5. The van der Waals surface area contributed by atoms with Crippen molar-refractivity contribution in [1.82, 2.24) is 15.0 Å². The largest absolute Gasteiger partial charge is 0.463 e. The molecule has 156 valence electrons. The van der Waals surface area contributed by atoms with Crippen LogP contribution in [0.15, 0.2) is 73.7 Å². The predicted molar refractivity (Wildman–Crippen MR) is 123 cm³/mol. The Morgan fingerprint density at radius 2 is 1.90 bits per heavy atom. The van der Waals surface area contributed by atoms with Gasteiger partial charge in [-0.25, -0.2) is 9.97 Å². The van der Waals surface area contributed by atoms with Gasteiger partial charge in [-0.2, -0.15) is 0 Å². The normalized spacial score (nSPS) is 11.1. The molecule has 0 aliphatic carbocycles. The molecule has 0 fully saturated rings. The lowest BCUT2D eigenvalue weighted by atomic mass is 10.2. The molecule has 1 amide bonds. The minimum Gasteiger partial charge on any atom is -0.463 e. The molecule has 5 aromatic rings. The summed E-state index contributed by atoms with van der Waals surface area (Å²) in [6, 6.07) is 11.3. The maximum Gasteiger partial charge on any atom is 0.226 e. The van der Waals surface area contributed by atoms with E-state index < -0.39 is 0 Å². The van der Waals surface area contributed by atoms with Crippen molar-refractivity contribution >= 4 is 45.5 Å². The van der Waals surface area contributed by atoms with Crippen LogP contribution >= 0.6 is 34.4 Å². The molecule has 31 heavy (non-hydrogen) atoms. The first kappa shape index (κ1) is 19.9. The van der Waals surface area contributed by atoms with Crippen molar-refractivity contribution in [3.63, 3.8) is 0 Å². The summed E-state index contributed by atoms with van der Waals surface area (Å²) in [5.74, 6) is 1.81. The van der Waals surface area contributed by atoms with Crippen LogP contribution < -0.4 is 5.32 Å². The van der Waals surface area contributed by atoms with Gasteiger partial charge in [0.2, 0.25) is 5.91 Å². The number of thiophene rings is 1. The first-order valence-corrected chi connectivity index (χ1v) is 12.1. The number of thiazole rings is 1. The average Bonchev–Trinajstić information content (AvgIpc) is 3.59. The van der Waals surface area contributed by atoms with Crippen molar-refractivity contribution in [3.8, 4) is 33.5 Å². The lowest BCUT2D eigenvalue weighted by Crippen LogP contribution is -2.11. The van der Waals surface area contributed by atoms with Gasteiger partial charge in [0.05, 0.1) is 23.1 Å². The second-order valence-electron chi connectivity index (χ2n) is 6.38. The average molecular weight is 469 g/mol. The van der Waals surface area contributed by atoms with Gasteiger partial charge in [0, 0.05) is 17.6 Å². The number of hydrogen-bond acceptors (Lipinski definition) is 8. The number of amides is 1. The Balaban J connectivity index is 1.21. The first-order chi connectivity index (χ1) is 15.3. The number of nitrogens with one attached hydrogen (secondary N) is 2. The van der Waals surface area contributed by atoms with E-state index in [2.05, 4.69) is 20.3 Å². The number of aromatic nitrogens is 3.